The topological polar surface area (TPSA) is 54.2 Å². The number of rotatable bonds is 2. The average Bonchev–Trinajstić information content (AvgIpc) is 2.74. The lowest BCUT2D eigenvalue weighted by Crippen LogP contribution is -3.10. The standard InChI is InChI=1S/C15H15N3S/c16-8-13-12-6-7-18(10-14(12)19-15(13)17)9-11-4-2-1-3-5-11/h1-5H,6-7,9-10,17H2/p+1. The number of nitrogens with one attached hydrogen (secondary N) is 1. The quantitative estimate of drug-likeness (QED) is 0.865. The molecule has 0 aliphatic carbocycles. The van der Waals surface area contributed by atoms with Crippen molar-refractivity contribution < 1.29 is 4.90 Å². The van der Waals surface area contributed by atoms with Crippen LogP contribution in [0.5, 0.6) is 0 Å². The van der Waals surface area contributed by atoms with Crippen molar-refractivity contribution in [1.82, 2.24) is 0 Å². The number of nitrogens with two attached hydrogens (primary N) is 1. The lowest BCUT2D eigenvalue weighted by atomic mass is 10.0. The van der Waals surface area contributed by atoms with Gasteiger partial charge in [-0.3, -0.25) is 0 Å². The molecule has 0 amide bonds. The third-order valence-electron chi connectivity index (χ3n) is 3.67. The second kappa shape index (κ2) is 5.04. The third kappa shape index (κ3) is 2.35. The first-order chi connectivity index (χ1) is 9.28. The largest absolute Gasteiger partial charge is 0.389 e. The summed E-state index contributed by atoms with van der Waals surface area (Å²) in [6, 6.07) is 12.8. The Morgan fingerprint density at radius 1 is 1.32 bits per heavy atom. The fourth-order valence-electron chi connectivity index (χ4n) is 2.72. The Morgan fingerprint density at radius 3 is 2.84 bits per heavy atom. The first-order valence-corrected chi connectivity index (χ1v) is 7.27. The van der Waals surface area contributed by atoms with Crippen LogP contribution in [-0.2, 0) is 19.5 Å². The molecule has 1 aromatic carbocycles. The molecule has 1 atom stereocenters. The van der Waals surface area contributed by atoms with Crippen LogP contribution in [0.3, 0.4) is 0 Å². The van der Waals surface area contributed by atoms with E-state index in [2.05, 4.69) is 30.3 Å². The zero-order valence-corrected chi connectivity index (χ0v) is 11.5. The molecule has 1 aromatic heterocycles. The van der Waals surface area contributed by atoms with Crippen LogP contribution >= 0.6 is 11.3 Å². The SMILES string of the molecule is N#Cc1c(N)sc2c1CC[NH+](Cc1ccccc1)C2. The van der Waals surface area contributed by atoms with Crippen molar-refractivity contribution in [3.63, 3.8) is 0 Å². The Kier molecular flexibility index (Phi) is 3.24. The first kappa shape index (κ1) is 12.2. The number of hydrogen-bond acceptors (Lipinski definition) is 3. The van der Waals surface area contributed by atoms with Gasteiger partial charge in [0.1, 0.15) is 24.2 Å². The second-order valence-corrected chi connectivity index (χ2v) is 6.08. The van der Waals surface area contributed by atoms with Crippen LogP contribution in [0.25, 0.3) is 0 Å². The van der Waals surface area contributed by atoms with Gasteiger partial charge < -0.3 is 10.6 Å². The Hall–Kier alpha value is -1.83. The fourth-order valence-corrected chi connectivity index (χ4v) is 3.86. The first-order valence-electron chi connectivity index (χ1n) is 6.45. The van der Waals surface area contributed by atoms with E-state index in [1.54, 1.807) is 16.2 Å². The van der Waals surface area contributed by atoms with E-state index >= 15 is 0 Å². The number of anilines is 1. The molecule has 4 heteroatoms. The molecule has 96 valence electrons. The molecular weight excluding hydrogens is 254 g/mol. The Morgan fingerprint density at radius 2 is 2.11 bits per heavy atom. The molecule has 0 radical (unpaired) electrons. The summed E-state index contributed by atoms with van der Waals surface area (Å²) in [5.74, 6) is 0. The number of nitriles is 1. The molecule has 3 N–H and O–H groups in total. The summed E-state index contributed by atoms with van der Waals surface area (Å²) in [6.45, 7) is 3.10. The van der Waals surface area contributed by atoms with Gasteiger partial charge >= 0.3 is 0 Å². The Labute approximate surface area is 116 Å². The molecule has 0 spiro atoms. The van der Waals surface area contributed by atoms with Gasteiger partial charge in [0, 0.05) is 12.0 Å². The van der Waals surface area contributed by atoms with E-state index in [1.807, 2.05) is 6.07 Å². The summed E-state index contributed by atoms with van der Waals surface area (Å²) in [4.78, 5) is 2.84. The molecule has 0 fully saturated rings. The van der Waals surface area contributed by atoms with E-state index in [1.165, 1.54) is 16.0 Å². The number of quaternary nitrogens is 1. The highest BCUT2D eigenvalue weighted by Gasteiger charge is 2.25. The van der Waals surface area contributed by atoms with Crippen LogP contribution in [0.2, 0.25) is 0 Å². The van der Waals surface area contributed by atoms with Crippen LogP contribution in [0.1, 0.15) is 21.6 Å². The maximum atomic E-state index is 9.13. The minimum atomic E-state index is 0.688. The molecule has 1 aliphatic rings. The van der Waals surface area contributed by atoms with Gasteiger partial charge in [-0.1, -0.05) is 30.3 Å². The number of benzene rings is 1. The Bertz CT molecular complexity index is 625. The minimum absolute atomic E-state index is 0.688. The molecule has 0 saturated heterocycles. The number of hydrogen-bond donors (Lipinski definition) is 2. The number of thiophene rings is 1. The summed E-state index contributed by atoms with van der Waals surface area (Å²) in [6.07, 6.45) is 0.966. The van der Waals surface area contributed by atoms with E-state index < -0.39 is 0 Å². The predicted octanol–water partition coefficient (Wildman–Crippen LogP) is 1.34. The number of nitrogen functional groups attached to an aromatic ring is 1. The molecular formula is C15H16N3S+. The van der Waals surface area contributed by atoms with Crippen molar-refractivity contribution in [2.24, 2.45) is 0 Å². The van der Waals surface area contributed by atoms with Gasteiger partial charge in [-0.25, -0.2) is 0 Å². The van der Waals surface area contributed by atoms with Crippen molar-refractivity contribution in [2.75, 3.05) is 12.3 Å². The van der Waals surface area contributed by atoms with Gasteiger partial charge in [0.2, 0.25) is 0 Å². The van der Waals surface area contributed by atoms with Crippen LogP contribution in [0.15, 0.2) is 30.3 Å². The number of nitrogens with zero attached hydrogens (tertiary/aromatic N) is 1. The molecule has 0 saturated carbocycles. The van der Waals surface area contributed by atoms with Crippen LogP contribution in [-0.4, -0.2) is 6.54 Å². The van der Waals surface area contributed by atoms with Gasteiger partial charge in [-0.05, 0) is 5.56 Å². The highest BCUT2D eigenvalue weighted by Crippen LogP contribution is 2.31. The molecule has 3 nitrogen and oxygen atoms in total. The van der Waals surface area contributed by atoms with Gasteiger partial charge in [-0.2, -0.15) is 5.26 Å². The number of fused-ring (bicyclic) bond motifs is 1. The van der Waals surface area contributed by atoms with Crippen LogP contribution < -0.4 is 10.6 Å². The van der Waals surface area contributed by atoms with E-state index in [0.29, 0.717) is 5.00 Å². The monoisotopic (exact) mass is 270 g/mol. The molecule has 19 heavy (non-hydrogen) atoms. The summed E-state index contributed by atoms with van der Waals surface area (Å²) < 4.78 is 0. The summed E-state index contributed by atoms with van der Waals surface area (Å²) >= 11 is 1.59. The van der Waals surface area contributed by atoms with Crippen molar-refractivity contribution in [3.8, 4) is 6.07 Å². The zero-order valence-electron chi connectivity index (χ0n) is 10.6. The molecule has 1 unspecified atom stereocenters. The summed E-state index contributed by atoms with van der Waals surface area (Å²) in [7, 11) is 0. The van der Waals surface area contributed by atoms with E-state index in [4.69, 9.17) is 11.0 Å². The molecule has 0 bridgehead atoms. The van der Waals surface area contributed by atoms with Gasteiger partial charge in [0.25, 0.3) is 0 Å². The third-order valence-corrected chi connectivity index (χ3v) is 4.73. The van der Waals surface area contributed by atoms with E-state index in [-0.39, 0.29) is 0 Å². The predicted molar refractivity (Wildman–Crippen MR) is 76.8 cm³/mol. The average molecular weight is 270 g/mol. The van der Waals surface area contributed by atoms with Gasteiger partial charge in [0.15, 0.2) is 0 Å². The van der Waals surface area contributed by atoms with Crippen LogP contribution in [0, 0.1) is 11.3 Å². The lowest BCUT2D eigenvalue weighted by molar-refractivity contribution is -0.929. The van der Waals surface area contributed by atoms with E-state index in [9.17, 15) is 0 Å². The lowest BCUT2D eigenvalue weighted by Gasteiger charge is -2.23. The minimum Gasteiger partial charge on any atom is -0.389 e. The van der Waals surface area contributed by atoms with Gasteiger partial charge in [-0.15, -0.1) is 11.3 Å². The summed E-state index contributed by atoms with van der Waals surface area (Å²) in [5, 5.41) is 9.82. The molecule has 1 aliphatic heterocycles. The smallest absolute Gasteiger partial charge is 0.113 e. The molecule has 2 aromatic rings. The van der Waals surface area contributed by atoms with Crippen molar-refractivity contribution in [2.45, 2.75) is 19.5 Å². The normalized spacial score (nSPS) is 17.7. The zero-order chi connectivity index (χ0) is 13.2. The fraction of sp³-hybridized carbons (Fsp3) is 0.267. The highest BCUT2D eigenvalue weighted by molar-refractivity contribution is 7.16. The van der Waals surface area contributed by atoms with E-state index in [0.717, 1.165) is 31.6 Å². The maximum Gasteiger partial charge on any atom is 0.113 e. The molecule has 3 rings (SSSR count). The highest BCUT2D eigenvalue weighted by atomic mass is 32.1. The van der Waals surface area contributed by atoms with Crippen molar-refractivity contribution in [1.29, 1.82) is 5.26 Å². The van der Waals surface area contributed by atoms with Gasteiger partial charge in [0.05, 0.1) is 17.0 Å². The molecule has 2 heterocycles. The second-order valence-electron chi connectivity index (χ2n) is 4.94. The maximum absolute atomic E-state index is 9.13. The van der Waals surface area contributed by atoms with Crippen LogP contribution in [0.4, 0.5) is 5.00 Å². The summed E-state index contributed by atoms with van der Waals surface area (Å²) in [5.41, 5.74) is 9.20. The van der Waals surface area contributed by atoms with Crippen molar-refractivity contribution >= 4 is 16.3 Å². The van der Waals surface area contributed by atoms with Crippen molar-refractivity contribution in [3.05, 3.63) is 51.9 Å². The Balaban J connectivity index is 1.78.